The van der Waals surface area contributed by atoms with Gasteiger partial charge in [0.15, 0.2) is 11.9 Å². The van der Waals surface area contributed by atoms with Crippen LogP contribution >= 0.6 is 0 Å². The first-order chi connectivity index (χ1) is 13.8. The maximum Gasteiger partial charge on any atom is 0.378 e. The Kier molecular flexibility index (Phi) is 12.0. The molecular formula is C23H40O6. The molecule has 1 aliphatic heterocycles. The topological polar surface area (TPSA) is 96.2 Å². The minimum atomic E-state index is -1.31. The van der Waals surface area contributed by atoms with Gasteiger partial charge in [-0.2, -0.15) is 0 Å². The van der Waals surface area contributed by atoms with Gasteiger partial charge in [-0.15, -0.1) is 0 Å². The highest BCUT2D eigenvalue weighted by Gasteiger charge is 2.40. The van der Waals surface area contributed by atoms with Crippen LogP contribution in [0.3, 0.4) is 0 Å². The fourth-order valence-electron chi connectivity index (χ4n) is 3.42. The van der Waals surface area contributed by atoms with Crippen molar-refractivity contribution in [3.8, 4) is 0 Å². The van der Waals surface area contributed by atoms with Gasteiger partial charge in [0.25, 0.3) is 0 Å². The van der Waals surface area contributed by atoms with Gasteiger partial charge in [0.2, 0.25) is 5.76 Å². The Hall–Kier alpha value is -1.53. The van der Waals surface area contributed by atoms with Crippen molar-refractivity contribution in [2.24, 2.45) is 11.8 Å². The van der Waals surface area contributed by atoms with E-state index in [1.165, 1.54) is 37.7 Å². The summed E-state index contributed by atoms with van der Waals surface area (Å²) in [5.41, 5.74) is 1.37. The minimum absolute atomic E-state index is 0.0938. The molecule has 0 saturated heterocycles. The van der Waals surface area contributed by atoms with E-state index in [4.69, 9.17) is 14.6 Å². The number of unbranched alkanes of at least 4 members (excludes halogenated alkanes) is 1. The van der Waals surface area contributed by atoms with Crippen LogP contribution in [0, 0.1) is 11.8 Å². The van der Waals surface area contributed by atoms with Gasteiger partial charge in [-0.1, -0.05) is 58.1 Å². The van der Waals surface area contributed by atoms with Gasteiger partial charge in [0.1, 0.15) is 6.10 Å². The van der Waals surface area contributed by atoms with Crippen LogP contribution in [0.1, 0.15) is 79.1 Å². The molecule has 3 unspecified atom stereocenters. The Morgan fingerprint density at radius 2 is 1.86 bits per heavy atom. The molecule has 29 heavy (non-hydrogen) atoms. The number of rotatable bonds is 15. The van der Waals surface area contributed by atoms with Crippen molar-refractivity contribution in [1.29, 1.82) is 0 Å². The van der Waals surface area contributed by atoms with Crippen molar-refractivity contribution in [2.75, 3.05) is 13.2 Å². The number of carbonyl (C=O) groups is 1. The SMILES string of the molecule is CC(=CCCCOC1=C(O)C(=O)OC1C(O)CO)CCCC(C)CCCC(C)C. The van der Waals surface area contributed by atoms with E-state index < -0.39 is 30.5 Å². The van der Waals surface area contributed by atoms with Gasteiger partial charge in [0, 0.05) is 0 Å². The number of carbonyl (C=O) groups excluding carboxylic acids is 1. The minimum Gasteiger partial charge on any atom is -0.499 e. The van der Waals surface area contributed by atoms with E-state index >= 15 is 0 Å². The zero-order valence-electron chi connectivity index (χ0n) is 18.5. The van der Waals surface area contributed by atoms with E-state index in [1.807, 2.05) is 0 Å². The lowest BCUT2D eigenvalue weighted by molar-refractivity contribution is -0.148. The molecule has 0 fully saturated rings. The number of allylic oxidation sites excluding steroid dienone is 2. The highest BCUT2D eigenvalue weighted by atomic mass is 16.6. The molecular weight excluding hydrogens is 372 g/mol. The Morgan fingerprint density at radius 3 is 2.52 bits per heavy atom. The smallest absolute Gasteiger partial charge is 0.378 e. The van der Waals surface area contributed by atoms with Crippen LogP contribution in [0.4, 0.5) is 0 Å². The lowest BCUT2D eigenvalue weighted by Crippen LogP contribution is -2.32. The average molecular weight is 413 g/mol. The molecule has 0 amide bonds. The van der Waals surface area contributed by atoms with Crippen molar-refractivity contribution in [3.63, 3.8) is 0 Å². The normalized spacial score (nSPS) is 19.6. The molecule has 0 aromatic carbocycles. The Balaban J connectivity index is 2.22. The van der Waals surface area contributed by atoms with E-state index in [0.717, 1.165) is 31.1 Å². The van der Waals surface area contributed by atoms with Crippen molar-refractivity contribution in [1.82, 2.24) is 0 Å². The first kappa shape index (κ1) is 25.5. The number of hydrogen-bond acceptors (Lipinski definition) is 6. The van der Waals surface area contributed by atoms with E-state index in [2.05, 4.69) is 33.8 Å². The van der Waals surface area contributed by atoms with Gasteiger partial charge >= 0.3 is 5.97 Å². The highest BCUT2D eigenvalue weighted by Crippen LogP contribution is 2.25. The summed E-state index contributed by atoms with van der Waals surface area (Å²) in [7, 11) is 0. The molecule has 3 N–H and O–H groups in total. The summed E-state index contributed by atoms with van der Waals surface area (Å²) < 4.78 is 10.3. The molecule has 0 aromatic heterocycles. The van der Waals surface area contributed by atoms with E-state index in [-0.39, 0.29) is 5.76 Å². The maximum absolute atomic E-state index is 11.4. The van der Waals surface area contributed by atoms with E-state index in [9.17, 15) is 15.0 Å². The molecule has 1 rings (SSSR count). The van der Waals surface area contributed by atoms with Crippen LogP contribution < -0.4 is 0 Å². The molecule has 0 saturated carbocycles. The molecule has 3 atom stereocenters. The summed E-state index contributed by atoms with van der Waals surface area (Å²) in [4.78, 5) is 11.4. The maximum atomic E-state index is 11.4. The summed E-state index contributed by atoms with van der Waals surface area (Å²) in [5, 5.41) is 28.4. The molecule has 0 radical (unpaired) electrons. The molecule has 0 spiro atoms. The summed E-state index contributed by atoms with van der Waals surface area (Å²) in [6, 6.07) is 0. The lowest BCUT2D eigenvalue weighted by atomic mass is 9.94. The molecule has 6 nitrogen and oxygen atoms in total. The van der Waals surface area contributed by atoms with Gasteiger partial charge in [-0.3, -0.25) is 0 Å². The van der Waals surface area contributed by atoms with Gasteiger partial charge in [0.05, 0.1) is 13.2 Å². The zero-order chi connectivity index (χ0) is 21.8. The molecule has 0 bridgehead atoms. The average Bonchev–Trinajstić information content (AvgIpc) is 2.95. The van der Waals surface area contributed by atoms with Crippen LogP contribution in [0.15, 0.2) is 23.2 Å². The molecule has 1 heterocycles. The van der Waals surface area contributed by atoms with Gasteiger partial charge in [-0.25, -0.2) is 4.79 Å². The van der Waals surface area contributed by atoms with Crippen LogP contribution in [0.5, 0.6) is 0 Å². The van der Waals surface area contributed by atoms with E-state index in [0.29, 0.717) is 6.61 Å². The predicted molar refractivity (Wildman–Crippen MR) is 113 cm³/mol. The molecule has 168 valence electrons. The van der Waals surface area contributed by atoms with Crippen LogP contribution in [0.25, 0.3) is 0 Å². The monoisotopic (exact) mass is 412 g/mol. The summed E-state index contributed by atoms with van der Waals surface area (Å²) >= 11 is 0. The second kappa shape index (κ2) is 13.6. The summed E-state index contributed by atoms with van der Waals surface area (Å²) in [6.07, 6.45) is 8.85. The second-order valence-electron chi connectivity index (χ2n) is 8.65. The number of hydrogen-bond donors (Lipinski definition) is 3. The Bertz CT molecular complexity index is 552. The van der Waals surface area contributed by atoms with Gasteiger partial charge in [-0.05, 0) is 44.4 Å². The number of esters is 1. The van der Waals surface area contributed by atoms with E-state index in [1.54, 1.807) is 0 Å². The molecule has 6 heteroatoms. The summed E-state index contributed by atoms with van der Waals surface area (Å²) in [6.45, 7) is 8.76. The van der Waals surface area contributed by atoms with Crippen LogP contribution in [0.2, 0.25) is 0 Å². The predicted octanol–water partition coefficient (Wildman–Crippen LogP) is 4.41. The number of ether oxygens (including phenoxy) is 2. The third-order valence-corrected chi connectivity index (χ3v) is 5.30. The Morgan fingerprint density at radius 1 is 1.17 bits per heavy atom. The van der Waals surface area contributed by atoms with Crippen molar-refractivity contribution in [2.45, 2.75) is 91.3 Å². The standard InChI is InChI=1S/C23H40O6/c1-16(2)9-7-11-18(4)13-8-12-17(3)10-5-6-14-28-22-20(26)23(27)29-21(22)19(25)15-24/h10,16,18-19,21,24-26H,5-9,11-15H2,1-4H3. The number of aliphatic hydroxyl groups excluding tert-OH is 3. The van der Waals surface area contributed by atoms with Crippen LogP contribution in [-0.4, -0.2) is 46.7 Å². The molecule has 1 aliphatic rings. The second-order valence-corrected chi connectivity index (χ2v) is 8.65. The fourth-order valence-corrected chi connectivity index (χ4v) is 3.42. The number of aliphatic hydroxyl groups is 3. The fraction of sp³-hybridized carbons (Fsp3) is 0.783. The number of cyclic esters (lactones) is 1. The first-order valence-electron chi connectivity index (χ1n) is 11.0. The van der Waals surface area contributed by atoms with Crippen molar-refractivity contribution < 1.29 is 29.6 Å². The largest absolute Gasteiger partial charge is 0.499 e. The quantitative estimate of drug-likeness (QED) is 0.209. The lowest BCUT2D eigenvalue weighted by Gasteiger charge is -2.18. The first-order valence-corrected chi connectivity index (χ1v) is 11.0. The van der Waals surface area contributed by atoms with Crippen molar-refractivity contribution >= 4 is 5.97 Å². The van der Waals surface area contributed by atoms with Crippen LogP contribution in [-0.2, 0) is 14.3 Å². The zero-order valence-corrected chi connectivity index (χ0v) is 18.5. The third kappa shape index (κ3) is 9.68. The van der Waals surface area contributed by atoms with Crippen molar-refractivity contribution in [3.05, 3.63) is 23.2 Å². The van der Waals surface area contributed by atoms with Gasteiger partial charge < -0.3 is 24.8 Å². The third-order valence-electron chi connectivity index (χ3n) is 5.30. The summed E-state index contributed by atoms with van der Waals surface area (Å²) in [5.74, 6) is -0.0782. The highest BCUT2D eigenvalue weighted by molar-refractivity contribution is 5.89. The molecule has 0 aliphatic carbocycles. The Labute approximate surface area is 175 Å². The molecule has 0 aromatic rings.